The SMILES string of the molecule is OCC(Cc1ccncn1)c1ccncn1. The largest absolute Gasteiger partial charge is 0.396 e. The van der Waals surface area contributed by atoms with Crippen LogP contribution >= 0.6 is 0 Å². The molecular formula is C11H12N4O. The highest BCUT2D eigenvalue weighted by Crippen LogP contribution is 2.16. The number of aliphatic hydroxyl groups excluding tert-OH is 1. The second-order valence-electron chi connectivity index (χ2n) is 3.42. The van der Waals surface area contributed by atoms with Crippen molar-refractivity contribution in [2.45, 2.75) is 12.3 Å². The molecule has 0 bridgehead atoms. The third-order valence-corrected chi connectivity index (χ3v) is 2.34. The Morgan fingerprint density at radius 2 is 1.81 bits per heavy atom. The highest BCUT2D eigenvalue weighted by atomic mass is 16.3. The predicted octanol–water partition coefficient (Wildman–Crippen LogP) is 0.585. The van der Waals surface area contributed by atoms with Crippen molar-refractivity contribution in [2.24, 2.45) is 0 Å². The van der Waals surface area contributed by atoms with Gasteiger partial charge in [0.2, 0.25) is 0 Å². The van der Waals surface area contributed by atoms with Gasteiger partial charge in [-0.3, -0.25) is 0 Å². The molecule has 2 rings (SSSR count). The average molecular weight is 216 g/mol. The van der Waals surface area contributed by atoms with E-state index in [1.165, 1.54) is 12.7 Å². The van der Waals surface area contributed by atoms with E-state index in [1.807, 2.05) is 12.1 Å². The average Bonchev–Trinajstić information content (AvgIpc) is 2.38. The van der Waals surface area contributed by atoms with E-state index < -0.39 is 0 Å². The molecule has 0 aromatic carbocycles. The van der Waals surface area contributed by atoms with Crippen LogP contribution in [-0.4, -0.2) is 31.6 Å². The van der Waals surface area contributed by atoms with E-state index in [-0.39, 0.29) is 12.5 Å². The number of hydrogen-bond acceptors (Lipinski definition) is 5. The van der Waals surface area contributed by atoms with Crippen molar-refractivity contribution in [1.82, 2.24) is 19.9 Å². The Hall–Kier alpha value is -1.88. The van der Waals surface area contributed by atoms with E-state index in [1.54, 1.807) is 12.4 Å². The van der Waals surface area contributed by atoms with Gasteiger partial charge in [0.1, 0.15) is 12.7 Å². The van der Waals surface area contributed by atoms with Crippen LogP contribution < -0.4 is 0 Å². The molecule has 0 saturated carbocycles. The minimum absolute atomic E-state index is 0.0427. The Bertz CT molecular complexity index is 421. The van der Waals surface area contributed by atoms with Crippen LogP contribution in [0.3, 0.4) is 0 Å². The predicted molar refractivity (Wildman–Crippen MR) is 57.6 cm³/mol. The van der Waals surface area contributed by atoms with Gasteiger partial charge in [-0.2, -0.15) is 0 Å². The topological polar surface area (TPSA) is 71.8 Å². The third-order valence-electron chi connectivity index (χ3n) is 2.34. The number of hydrogen-bond donors (Lipinski definition) is 1. The zero-order chi connectivity index (χ0) is 11.2. The lowest BCUT2D eigenvalue weighted by atomic mass is 10.00. The summed E-state index contributed by atoms with van der Waals surface area (Å²) in [5.74, 6) is -0.0436. The first-order valence-electron chi connectivity index (χ1n) is 5.02. The van der Waals surface area contributed by atoms with E-state index in [2.05, 4.69) is 19.9 Å². The first-order valence-corrected chi connectivity index (χ1v) is 5.02. The van der Waals surface area contributed by atoms with Crippen molar-refractivity contribution in [1.29, 1.82) is 0 Å². The molecule has 16 heavy (non-hydrogen) atoms. The molecule has 5 heteroatoms. The number of aromatic nitrogens is 4. The molecule has 0 aliphatic carbocycles. The van der Waals surface area contributed by atoms with Gasteiger partial charge < -0.3 is 5.11 Å². The van der Waals surface area contributed by atoms with E-state index in [0.717, 1.165) is 11.4 Å². The molecular weight excluding hydrogens is 204 g/mol. The number of rotatable bonds is 4. The summed E-state index contributed by atoms with van der Waals surface area (Å²) in [6, 6.07) is 3.64. The molecule has 0 aliphatic rings. The summed E-state index contributed by atoms with van der Waals surface area (Å²) in [5, 5.41) is 9.34. The maximum Gasteiger partial charge on any atom is 0.115 e. The molecule has 0 aliphatic heterocycles. The van der Waals surface area contributed by atoms with Crippen molar-refractivity contribution < 1.29 is 5.11 Å². The first-order chi connectivity index (χ1) is 7.90. The summed E-state index contributed by atoms with van der Waals surface area (Å²) < 4.78 is 0. The van der Waals surface area contributed by atoms with Gasteiger partial charge in [-0.15, -0.1) is 0 Å². The van der Waals surface area contributed by atoms with Crippen molar-refractivity contribution in [3.8, 4) is 0 Å². The van der Waals surface area contributed by atoms with Gasteiger partial charge in [0, 0.05) is 36.1 Å². The van der Waals surface area contributed by atoms with Crippen LogP contribution in [0.1, 0.15) is 17.3 Å². The molecule has 2 heterocycles. The quantitative estimate of drug-likeness (QED) is 0.809. The molecule has 2 aromatic heterocycles. The van der Waals surface area contributed by atoms with Gasteiger partial charge in [-0.05, 0) is 12.1 Å². The van der Waals surface area contributed by atoms with E-state index in [0.29, 0.717) is 6.42 Å². The Morgan fingerprint density at radius 1 is 1.06 bits per heavy atom. The number of aliphatic hydroxyl groups is 1. The van der Waals surface area contributed by atoms with Crippen molar-refractivity contribution in [2.75, 3.05) is 6.61 Å². The van der Waals surface area contributed by atoms with Crippen LogP contribution in [0, 0.1) is 0 Å². The van der Waals surface area contributed by atoms with Crippen LogP contribution in [0.15, 0.2) is 37.2 Å². The van der Waals surface area contributed by atoms with Crippen molar-refractivity contribution >= 4 is 0 Å². The third kappa shape index (κ3) is 2.58. The molecule has 0 amide bonds. The Balaban J connectivity index is 2.13. The van der Waals surface area contributed by atoms with Gasteiger partial charge in [-0.25, -0.2) is 19.9 Å². The second kappa shape index (κ2) is 5.27. The van der Waals surface area contributed by atoms with Gasteiger partial charge in [-0.1, -0.05) is 0 Å². The summed E-state index contributed by atoms with van der Waals surface area (Å²) in [5.41, 5.74) is 1.73. The van der Waals surface area contributed by atoms with Gasteiger partial charge >= 0.3 is 0 Å². The molecule has 5 nitrogen and oxygen atoms in total. The Kier molecular flexibility index (Phi) is 3.50. The van der Waals surface area contributed by atoms with Crippen LogP contribution in [0.4, 0.5) is 0 Å². The summed E-state index contributed by atoms with van der Waals surface area (Å²) in [7, 11) is 0. The van der Waals surface area contributed by atoms with Crippen LogP contribution in [0.2, 0.25) is 0 Å². The minimum atomic E-state index is -0.0436. The molecule has 2 aromatic rings. The lowest BCUT2D eigenvalue weighted by molar-refractivity contribution is 0.261. The molecule has 1 unspecified atom stereocenters. The highest BCUT2D eigenvalue weighted by molar-refractivity contribution is 5.11. The fourth-order valence-electron chi connectivity index (χ4n) is 1.50. The smallest absolute Gasteiger partial charge is 0.115 e. The summed E-state index contributed by atoms with van der Waals surface area (Å²) in [6.45, 7) is 0.0427. The maximum atomic E-state index is 9.34. The Morgan fingerprint density at radius 3 is 2.38 bits per heavy atom. The zero-order valence-electron chi connectivity index (χ0n) is 8.69. The van der Waals surface area contributed by atoms with Gasteiger partial charge in [0.25, 0.3) is 0 Å². The molecule has 1 N–H and O–H groups in total. The summed E-state index contributed by atoms with van der Waals surface area (Å²) >= 11 is 0. The normalized spacial score (nSPS) is 12.3. The van der Waals surface area contributed by atoms with E-state index in [4.69, 9.17) is 0 Å². The first kappa shape index (κ1) is 10.6. The highest BCUT2D eigenvalue weighted by Gasteiger charge is 2.12. The molecule has 0 spiro atoms. The van der Waals surface area contributed by atoms with Crippen LogP contribution in [0.5, 0.6) is 0 Å². The molecule has 82 valence electrons. The Labute approximate surface area is 93.3 Å². The second-order valence-corrected chi connectivity index (χ2v) is 3.42. The van der Waals surface area contributed by atoms with Crippen LogP contribution in [-0.2, 0) is 6.42 Å². The van der Waals surface area contributed by atoms with Crippen molar-refractivity contribution in [3.63, 3.8) is 0 Å². The summed E-state index contributed by atoms with van der Waals surface area (Å²) in [6.07, 6.45) is 7.00. The summed E-state index contributed by atoms with van der Waals surface area (Å²) in [4.78, 5) is 16.0. The van der Waals surface area contributed by atoms with E-state index in [9.17, 15) is 5.11 Å². The monoisotopic (exact) mass is 216 g/mol. The van der Waals surface area contributed by atoms with Crippen molar-refractivity contribution in [3.05, 3.63) is 48.6 Å². The maximum absolute atomic E-state index is 9.34. The fraction of sp³-hybridized carbons (Fsp3) is 0.273. The molecule has 0 fully saturated rings. The molecule has 0 saturated heterocycles. The zero-order valence-corrected chi connectivity index (χ0v) is 8.69. The number of nitrogens with zero attached hydrogens (tertiary/aromatic N) is 4. The van der Waals surface area contributed by atoms with Gasteiger partial charge in [0.15, 0.2) is 0 Å². The molecule has 0 radical (unpaired) electrons. The standard InChI is InChI=1S/C11H12N4O/c16-6-9(11-2-4-13-8-15-11)5-10-1-3-12-7-14-10/h1-4,7-9,16H,5-6H2. The molecule has 1 atom stereocenters. The fourth-order valence-corrected chi connectivity index (χ4v) is 1.50. The van der Waals surface area contributed by atoms with E-state index >= 15 is 0 Å². The van der Waals surface area contributed by atoms with Crippen LogP contribution in [0.25, 0.3) is 0 Å². The lowest BCUT2D eigenvalue weighted by Crippen LogP contribution is -2.10. The van der Waals surface area contributed by atoms with Gasteiger partial charge in [0.05, 0.1) is 6.61 Å². The minimum Gasteiger partial charge on any atom is -0.396 e. The lowest BCUT2D eigenvalue weighted by Gasteiger charge is -2.12.